The lowest BCUT2D eigenvalue weighted by Gasteiger charge is -2.10. The summed E-state index contributed by atoms with van der Waals surface area (Å²) >= 11 is 0. The van der Waals surface area contributed by atoms with Gasteiger partial charge in [-0.15, -0.1) is 0 Å². The van der Waals surface area contributed by atoms with E-state index in [-0.39, 0.29) is 5.91 Å². The molecule has 0 aliphatic heterocycles. The van der Waals surface area contributed by atoms with Gasteiger partial charge >= 0.3 is 0 Å². The number of aromatic nitrogens is 2. The van der Waals surface area contributed by atoms with Crippen molar-refractivity contribution in [2.75, 3.05) is 24.9 Å². The van der Waals surface area contributed by atoms with E-state index >= 15 is 0 Å². The third kappa shape index (κ3) is 6.23. The highest BCUT2D eigenvalue weighted by Gasteiger charge is 2.07. The lowest BCUT2D eigenvalue weighted by Crippen LogP contribution is -2.08. The summed E-state index contributed by atoms with van der Waals surface area (Å²) in [4.78, 5) is 21.5. The Bertz CT molecular complexity index is 1350. The summed E-state index contributed by atoms with van der Waals surface area (Å²) in [7, 11) is 3.15. The maximum absolute atomic E-state index is 12.5. The highest BCUT2D eigenvalue weighted by atomic mass is 16.5. The summed E-state index contributed by atoms with van der Waals surface area (Å²) < 4.78 is 10.5. The van der Waals surface area contributed by atoms with Gasteiger partial charge in [-0.05, 0) is 48.9 Å². The number of carbonyl (C=O) groups is 1. The van der Waals surface area contributed by atoms with E-state index in [9.17, 15) is 4.79 Å². The van der Waals surface area contributed by atoms with Crippen LogP contribution in [0.3, 0.4) is 0 Å². The number of amides is 1. The number of anilines is 3. The molecule has 0 bridgehead atoms. The SMILES string of the molecule is COc1ccc(/C=C/C(=O)Nc2cccc(Nc3cc(-c4ccccc4)nc(C)n3)c2)cc1OC. The maximum atomic E-state index is 12.5. The summed E-state index contributed by atoms with van der Waals surface area (Å²) in [6.45, 7) is 1.86. The second kappa shape index (κ2) is 11.0. The van der Waals surface area contributed by atoms with Gasteiger partial charge in [0.2, 0.25) is 5.91 Å². The van der Waals surface area contributed by atoms with Gasteiger partial charge in [0.25, 0.3) is 0 Å². The van der Waals surface area contributed by atoms with Crippen molar-refractivity contribution in [1.29, 1.82) is 0 Å². The number of rotatable bonds is 8. The quantitative estimate of drug-likeness (QED) is 0.316. The average molecular weight is 467 g/mol. The molecule has 7 nitrogen and oxygen atoms in total. The number of hydrogen-bond donors (Lipinski definition) is 2. The summed E-state index contributed by atoms with van der Waals surface area (Å²) in [5.74, 6) is 2.32. The van der Waals surface area contributed by atoms with Crippen LogP contribution in [-0.4, -0.2) is 30.1 Å². The fourth-order valence-corrected chi connectivity index (χ4v) is 3.52. The molecule has 0 aliphatic rings. The predicted molar refractivity (Wildman–Crippen MR) is 139 cm³/mol. The molecule has 176 valence electrons. The normalized spacial score (nSPS) is 10.7. The maximum Gasteiger partial charge on any atom is 0.248 e. The molecule has 0 unspecified atom stereocenters. The first-order chi connectivity index (χ1) is 17.0. The Kier molecular flexibility index (Phi) is 7.37. The molecule has 0 radical (unpaired) electrons. The number of aryl methyl sites for hydroxylation is 1. The molecule has 0 saturated carbocycles. The Hall–Kier alpha value is -4.65. The number of nitrogens with one attached hydrogen (secondary N) is 2. The lowest BCUT2D eigenvalue weighted by atomic mass is 10.1. The van der Waals surface area contributed by atoms with Gasteiger partial charge < -0.3 is 20.1 Å². The Labute approximate surface area is 204 Å². The van der Waals surface area contributed by atoms with Gasteiger partial charge in [0.1, 0.15) is 11.6 Å². The summed E-state index contributed by atoms with van der Waals surface area (Å²) in [6, 6.07) is 24.8. The van der Waals surface area contributed by atoms with E-state index in [2.05, 4.69) is 20.6 Å². The van der Waals surface area contributed by atoms with E-state index in [0.29, 0.717) is 28.8 Å². The van der Waals surface area contributed by atoms with Crippen LogP contribution in [-0.2, 0) is 4.79 Å². The Balaban J connectivity index is 1.45. The topological polar surface area (TPSA) is 85.4 Å². The summed E-state index contributed by atoms with van der Waals surface area (Å²) in [6.07, 6.45) is 3.19. The first-order valence-electron chi connectivity index (χ1n) is 11.0. The molecule has 0 atom stereocenters. The van der Waals surface area contributed by atoms with Crippen molar-refractivity contribution < 1.29 is 14.3 Å². The minimum absolute atomic E-state index is 0.249. The second-order valence-corrected chi connectivity index (χ2v) is 7.69. The van der Waals surface area contributed by atoms with Crippen molar-refractivity contribution in [2.45, 2.75) is 6.92 Å². The molecule has 0 aliphatic carbocycles. The van der Waals surface area contributed by atoms with Gasteiger partial charge in [0.05, 0.1) is 19.9 Å². The molecule has 1 heterocycles. The van der Waals surface area contributed by atoms with E-state index in [1.807, 2.05) is 73.7 Å². The van der Waals surface area contributed by atoms with Crippen molar-refractivity contribution >= 4 is 29.2 Å². The molecule has 1 amide bonds. The van der Waals surface area contributed by atoms with Crippen LogP contribution in [0, 0.1) is 6.92 Å². The van der Waals surface area contributed by atoms with Crippen molar-refractivity contribution in [2.24, 2.45) is 0 Å². The van der Waals surface area contributed by atoms with E-state index < -0.39 is 0 Å². The number of ether oxygens (including phenoxy) is 2. The van der Waals surface area contributed by atoms with Gasteiger partial charge in [0, 0.05) is 29.1 Å². The molecule has 0 fully saturated rings. The van der Waals surface area contributed by atoms with Crippen LogP contribution in [0.4, 0.5) is 17.2 Å². The molecular weight excluding hydrogens is 440 g/mol. The molecule has 35 heavy (non-hydrogen) atoms. The van der Waals surface area contributed by atoms with Gasteiger partial charge in [-0.3, -0.25) is 4.79 Å². The van der Waals surface area contributed by atoms with Gasteiger partial charge in [-0.1, -0.05) is 42.5 Å². The lowest BCUT2D eigenvalue weighted by molar-refractivity contribution is -0.111. The molecule has 7 heteroatoms. The second-order valence-electron chi connectivity index (χ2n) is 7.69. The largest absolute Gasteiger partial charge is 0.493 e. The fraction of sp³-hybridized carbons (Fsp3) is 0.107. The Morgan fingerprint density at radius 2 is 1.60 bits per heavy atom. The number of nitrogens with zero attached hydrogens (tertiary/aromatic N) is 2. The molecule has 0 spiro atoms. The summed E-state index contributed by atoms with van der Waals surface area (Å²) in [5.41, 5.74) is 4.13. The van der Waals surface area contributed by atoms with Crippen molar-refractivity contribution in [3.05, 3.63) is 96.3 Å². The van der Waals surface area contributed by atoms with Crippen LogP contribution >= 0.6 is 0 Å². The van der Waals surface area contributed by atoms with Crippen molar-refractivity contribution in [3.63, 3.8) is 0 Å². The molecular formula is C28H26N4O3. The molecule has 2 N–H and O–H groups in total. The molecule has 4 rings (SSSR count). The first kappa shape index (κ1) is 23.5. The van der Waals surface area contributed by atoms with Gasteiger partial charge in [-0.2, -0.15) is 0 Å². The molecule has 1 aromatic heterocycles. The van der Waals surface area contributed by atoms with Gasteiger partial charge in [0.15, 0.2) is 11.5 Å². The third-order valence-corrected chi connectivity index (χ3v) is 5.14. The number of methoxy groups -OCH3 is 2. The van der Waals surface area contributed by atoms with Crippen LogP contribution in [0.5, 0.6) is 11.5 Å². The van der Waals surface area contributed by atoms with Gasteiger partial charge in [-0.25, -0.2) is 9.97 Å². The van der Waals surface area contributed by atoms with E-state index in [1.165, 1.54) is 6.08 Å². The first-order valence-corrected chi connectivity index (χ1v) is 11.0. The third-order valence-electron chi connectivity index (χ3n) is 5.14. The van der Waals surface area contributed by atoms with Crippen LogP contribution in [0.15, 0.2) is 84.9 Å². The average Bonchev–Trinajstić information content (AvgIpc) is 2.87. The zero-order valence-electron chi connectivity index (χ0n) is 19.8. The number of carbonyl (C=O) groups excluding carboxylic acids is 1. The number of benzene rings is 3. The standard InChI is InChI=1S/C28H26N4O3/c1-19-29-24(21-8-5-4-6-9-21)18-27(30-19)31-22-10-7-11-23(17-22)32-28(33)15-13-20-12-14-25(34-2)26(16-20)35-3/h4-18H,1-3H3,(H,32,33)(H,29,30,31)/b15-13+. The van der Waals surface area contributed by atoms with Crippen LogP contribution in [0.2, 0.25) is 0 Å². The Morgan fingerprint density at radius 3 is 2.37 bits per heavy atom. The highest BCUT2D eigenvalue weighted by Crippen LogP contribution is 2.28. The molecule has 4 aromatic rings. The van der Waals surface area contributed by atoms with E-state index in [0.717, 1.165) is 22.5 Å². The van der Waals surface area contributed by atoms with E-state index in [1.54, 1.807) is 32.4 Å². The zero-order valence-corrected chi connectivity index (χ0v) is 19.8. The van der Waals surface area contributed by atoms with E-state index in [4.69, 9.17) is 9.47 Å². The predicted octanol–water partition coefficient (Wildman–Crippen LogP) is 5.86. The van der Waals surface area contributed by atoms with Crippen molar-refractivity contribution in [1.82, 2.24) is 9.97 Å². The van der Waals surface area contributed by atoms with Crippen LogP contribution in [0.1, 0.15) is 11.4 Å². The zero-order chi connectivity index (χ0) is 24.6. The minimum Gasteiger partial charge on any atom is -0.493 e. The van der Waals surface area contributed by atoms with Crippen molar-refractivity contribution in [3.8, 4) is 22.8 Å². The fourth-order valence-electron chi connectivity index (χ4n) is 3.52. The smallest absolute Gasteiger partial charge is 0.248 e. The van der Waals surface area contributed by atoms with Crippen LogP contribution in [0.25, 0.3) is 17.3 Å². The molecule has 3 aromatic carbocycles. The molecule has 0 saturated heterocycles. The minimum atomic E-state index is -0.249. The monoisotopic (exact) mass is 466 g/mol. The highest BCUT2D eigenvalue weighted by molar-refractivity contribution is 6.02. The Morgan fingerprint density at radius 1 is 0.829 bits per heavy atom. The summed E-state index contributed by atoms with van der Waals surface area (Å²) in [5, 5.41) is 6.19. The van der Waals surface area contributed by atoms with Crippen LogP contribution < -0.4 is 20.1 Å². The number of hydrogen-bond acceptors (Lipinski definition) is 6.